The lowest BCUT2D eigenvalue weighted by molar-refractivity contribution is -0.0154. The van der Waals surface area contributed by atoms with Gasteiger partial charge >= 0.3 is 12.1 Å². The summed E-state index contributed by atoms with van der Waals surface area (Å²) in [5.74, 6) is 1.42. The molecule has 3 unspecified atom stereocenters. The van der Waals surface area contributed by atoms with Crippen LogP contribution in [0.1, 0.15) is 50.8 Å². The quantitative estimate of drug-likeness (QED) is 0.847. The molecule has 148 valence electrons. The van der Waals surface area contributed by atoms with Crippen molar-refractivity contribution in [3.05, 3.63) is 5.82 Å². The van der Waals surface area contributed by atoms with Gasteiger partial charge in [0.1, 0.15) is 5.60 Å². The number of rotatable bonds is 2. The Morgan fingerprint density at radius 1 is 1.15 bits per heavy atom. The minimum absolute atomic E-state index is 0.253. The van der Waals surface area contributed by atoms with Gasteiger partial charge in [0.15, 0.2) is 5.82 Å². The van der Waals surface area contributed by atoms with E-state index in [1.807, 2.05) is 6.92 Å². The van der Waals surface area contributed by atoms with Crippen molar-refractivity contribution in [1.82, 2.24) is 20.4 Å². The molecule has 3 atom stereocenters. The Morgan fingerprint density at radius 2 is 1.93 bits per heavy atom. The Morgan fingerprint density at radius 3 is 2.59 bits per heavy atom. The number of carbonyl (C=O) groups is 1. The summed E-state index contributed by atoms with van der Waals surface area (Å²) in [6.45, 7) is 5.61. The summed E-state index contributed by atoms with van der Waals surface area (Å²) in [6, 6.07) is 1.77. The van der Waals surface area contributed by atoms with Crippen LogP contribution in [0.25, 0.3) is 0 Å². The lowest BCUT2D eigenvalue weighted by Crippen LogP contribution is -2.54. The first-order valence-corrected chi connectivity index (χ1v) is 10.4. The highest BCUT2D eigenvalue weighted by Crippen LogP contribution is 2.38. The second-order valence-corrected chi connectivity index (χ2v) is 8.80. The maximum Gasteiger partial charge on any atom is 0.407 e. The average molecular weight is 375 g/mol. The van der Waals surface area contributed by atoms with Gasteiger partial charge in [-0.2, -0.15) is 4.98 Å². The van der Waals surface area contributed by atoms with E-state index in [1.165, 1.54) is 25.7 Å². The molecule has 8 nitrogen and oxygen atoms in total. The number of anilines is 1. The van der Waals surface area contributed by atoms with Gasteiger partial charge in [-0.25, -0.2) is 4.79 Å². The Hall–Kier alpha value is -1.83. The molecule has 4 saturated heterocycles. The van der Waals surface area contributed by atoms with Gasteiger partial charge in [0.25, 0.3) is 0 Å². The smallest absolute Gasteiger partial charge is 0.407 e. The SMILES string of the molecule is Cc1noc(N2CC3CCC(N4CCC5(CC4)CNC(=O)O5)CC2CC3)n1. The molecule has 4 aliphatic heterocycles. The number of aryl methyl sites for hydroxylation is 1. The number of likely N-dealkylation sites (tertiary alicyclic amines) is 1. The van der Waals surface area contributed by atoms with Crippen LogP contribution in [0.4, 0.5) is 10.8 Å². The topological polar surface area (TPSA) is 83.7 Å². The molecule has 2 bridgehead atoms. The molecule has 1 aromatic rings. The summed E-state index contributed by atoms with van der Waals surface area (Å²) < 4.78 is 11.1. The summed E-state index contributed by atoms with van der Waals surface area (Å²) >= 11 is 0. The number of hydrogen-bond acceptors (Lipinski definition) is 7. The van der Waals surface area contributed by atoms with Gasteiger partial charge in [-0.1, -0.05) is 5.16 Å². The lowest BCUT2D eigenvalue weighted by atomic mass is 9.80. The number of aromatic nitrogens is 2. The molecular formula is C19H29N5O3. The number of nitrogens with one attached hydrogen (secondary N) is 1. The van der Waals surface area contributed by atoms with Crippen LogP contribution in [-0.2, 0) is 4.74 Å². The molecule has 1 amide bonds. The van der Waals surface area contributed by atoms with Crippen LogP contribution in [0, 0.1) is 12.8 Å². The fourth-order valence-corrected chi connectivity index (χ4v) is 5.49. The van der Waals surface area contributed by atoms with Crippen LogP contribution in [0.2, 0.25) is 0 Å². The fourth-order valence-electron chi connectivity index (χ4n) is 5.49. The first kappa shape index (κ1) is 17.3. The number of alkyl carbamates (subject to hydrolysis) is 1. The summed E-state index contributed by atoms with van der Waals surface area (Å²) in [7, 11) is 0. The van der Waals surface area contributed by atoms with E-state index >= 15 is 0 Å². The van der Waals surface area contributed by atoms with Crippen LogP contribution < -0.4 is 10.2 Å². The first-order valence-electron chi connectivity index (χ1n) is 10.4. The molecule has 27 heavy (non-hydrogen) atoms. The molecular weight excluding hydrogens is 346 g/mol. The van der Waals surface area contributed by atoms with Gasteiger partial charge in [-0.3, -0.25) is 0 Å². The summed E-state index contributed by atoms with van der Waals surface area (Å²) in [6.07, 6.45) is 7.82. The van der Waals surface area contributed by atoms with Gasteiger partial charge in [0, 0.05) is 44.6 Å². The number of ether oxygens (including phenoxy) is 1. The van der Waals surface area contributed by atoms with Crippen molar-refractivity contribution >= 4 is 12.1 Å². The summed E-state index contributed by atoms with van der Waals surface area (Å²) in [4.78, 5) is 21.0. The maximum atomic E-state index is 11.5. The molecule has 1 N–H and O–H groups in total. The highest BCUT2D eigenvalue weighted by atomic mass is 16.6. The summed E-state index contributed by atoms with van der Waals surface area (Å²) in [5, 5.41) is 6.83. The fraction of sp³-hybridized carbons (Fsp3) is 0.842. The largest absolute Gasteiger partial charge is 0.441 e. The summed E-state index contributed by atoms with van der Waals surface area (Å²) in [5.41, 5.74) is -0.262. The predicted molar refractivity (Wildman–Crippen MR) is 98.6 cm³/mol. The first-order chi connectivity index (χ1) is 13.1. The number of fused-ring (bicyclic) bond motifs is 5. The van der Waals surface area contributed by atoms with E-state index in [9.17, 15) is 4.79 Å². The third kappa shape index (κ3) is 3.28. The third-order valence-corrected chi connectivity index (χ3v) is 7.11. The Bertz CT molecular complexity index is 699. The van der Waals surface area contributed by atoms with Gasteiger partial charge in [-0.15, -0.1) is 0 Å². The van der Waals surface area contributed by atoms with Crippen molar-refractivity contribution < 1.29 is 14.1 Å². The van der Waals surface area contributed by atoms with Crippen molar-refractivity contribution in [3.8, 4) is 0 Å². The molecule has 1 saturated carbocycles. The second-order valence-electron chi connectivity index (χ2n) is 8.80. The van der Waals surface area contributed by atoms with E-state index in [-0.39, 0.29) is 11.7 Å². The van der Waals surface area contributed by atoms with E-state index in [1.54, 1.807) is 0 Å². The van der Waals surface area contributed by atoms with Crippen molar-refractivity contribution in [3.63, 3.8) is 0 Å². The van der Waals surface area contributed by atoms with Gasteiger partial charge in [0.05, 0.1) is 6.54 Å². The number of amides is 1. The molecule has 1 aliphatic carbocycles. The molecule has 1 spiro atoms. The van der Waals surface area contributed by atoms with E-state index in [0.29, 0.717) is 36.4 Å². The highest BCUT2D eigenvalue weighted by molar-refractivity contribution is 5.70. The van der Waals surface area contributed by atoms with Crippen molar-refractivity contribution in [1.29, 1.82) is 0 Å². The molecule has 5 aliphatic rings. The number of hydrogen-bond donors (Lipinski definition) is 1. The zero-order valence-electron chi connectivity index (χ0n) is 16.0. The second kappa shape index (κ2) is 6.65. The van der Waals surface area contributed by atoms with Crippen LogP contribution in [0.3, 0.4) is 0 Å². The molecule has 0 aromatic carbocycles. The monoisotopic (exact) mass is 375 g/mol. The zero-order valence-corrected chi connectivity index (χ0v) is 16.0. The van der Waals surface area contributed by atoms with Gasteiger partial charge in [0.2, 0.25) is 0 Å². The van der Waals surface area contributed by atoms with Crippen molar-refractivity contribution in [2.75, 3.05) is 31.1 Å². The maximum absolute atomic E-state index is 11.5. The number of nitrogens with zero attached hydrogens (tertiary/aromatic N) is 4. The Balaban J connectivity index is 1.27. The molecule has 5 heterocycles. The van der Waals surface area contributed by atoms with E-state index < -0.39 is 0 Å². The number of carbonyl (C=O) groups excluding carboxylic acids is 1. The Kier molecular flexibility index (Phi) is 4.26. The molecule has 6 rings (SSSR count). The molecule has 5 fully saturated rings. The molecule has 1 aromatic heterocycles. The standard InChI is InChI=1S/C19H29N5O3/c1-13-21-17(27-22-13)24-11-14-2-4-15(10-16(24)5-3-14)23-8-6-19(7-9-23)12-20-18(25)26-19/h14-16H,2-12H2,1H3,(H,20,25). The minimum atomic E-state index is -0.262. The molecule has 0 radical (unpaired) electrons. The zero-order chi connectivity index (χ0) is 18.4. The lowest BCUT2D eigenvalue weighted by Gasteiger charge is -2.47. The normalized spacial score (nSPS) is 33.6. The van der Waals surface area contributed by atoms with E-state index in [4.69, 9.17) is 9.26 Å². The van der Waals surface area contributed by atoms with Crippen LogP contribution in [0.15, 0.2) is 4.52 Å². The van der Waals surface area contributed by atoms with Crippen LogP contribution in [-0.4, -0.2) is 65.0 Å². The Labute approximate surface area is 159 Å². The van der Waals surface area contributed by atoms with Gasteiger partial charge < -0.3 is 24.4 Å². The average Bonchev–Trinajstić information content (AvgIpc) is 3.23. The highest BCUT2D eigenvalue weighted by Gasteiger charge is 2.45. The third-order valence-electron chi connectivity index (χ3n) is 7.11. The van der Waals surface area contributed by atoms with Crippen molar-refractivity contribution in [2.45, 2.75) is 69.6 Å². The van der Waals surface area contributed by atoms with Crippen molar-refractivity contribution in [2.24, 2.45) is 5.92 Å². The number of piperidine rings is 2. The van der Waals surface area contributed by atoms with E-state index in [2.05, 4.69) is 25.3 Å². The molecule has 8 heteroatoms. The van der Waals surface area contributed by atoms with Gasteiger partial charge in [-0.05, 0) is 44.9 Å². The van der Waals surface area contributed by atoms with Crippen LogP contribution in [0.5, 0.6) is 0 Å². The minimum Gasteiger partial charge on any atom is -0.441 e. The van der Waals surface area contributed by atoms with E-state index in [0.717, 1.165) is 38.9 Å². The predicted octanol–water partition coefficient (Wildman–Crippen LogP) is 2.09. The van der Waals surface area contributed by atoms with Crippen LogP contribution >= 0.6 is 0 Å².